The Morgan fingerprint density at radius 1 is 1.35 bits per heavy atom. The van der Waals surface area contributed by atoms with Crippen molar-refractivity contribution in [3.63, 3.8) is 0 Å². The Morgan fingerprint density at radius 3 is 2.59 bits per heavy atom. The Bertz CT molecular complexity index is 477. The molecule has 0 amide bonds. The minimum absolute atomic E-state index is 0.0302. The zero-order chi connectivity index (χ0) is 12.3. The number of ether oxygens (including phenoxy) is 1. The number of rotatable bonds is 4. The van der Waals surface area contributed by atoms with Crippen molar-refractivity contribution >= 4 is 0 Å². The number of aromatic nitrogens is 2. The molecule has 0 aliphatic rings. The normalized spacial score (nSPS) is 12.4. The fourth-order valence-corrected chi connectivity index (χ4v) is 1.41. The lowest BCUT2D eigenvalue weighted by Crippen LogP contribution is -2.04. The zero-order valence-electron chi connectivity index (χ0n) is 9.88. The van der Waals surface area contributed by atoms with Gasteiger partial charge in [-0.3, -0.25) is 0 Å². The highest BCUT2D eigenvalue weighted by Gasteiger charge is 2.04. The SMILES string of the molecule is Cc1noc(COc2ccc([C@@H](C)N)cc2)n1. The topological polar surface area (TPSA) is 74.2 Å². The molecule has 2 aromatic rings. The van der Waals surface area contributed by atoms with Gasteiger partial charge in [0.25, 0.3) is 5.89 Å². The van der Waals surface area contributed by atoms with E-state index in [9.17, 15) is 0 Å². The summed E-state index contributed by atoms with van der Waals surface area (Å²) in [6.07, 6.45) is 0. The first-order valence-electron chi connectivity index (χ1n) is 5.42. The van der Waals surface area contributed by atoms with E-state index in [0.717, 1.165) is 11.3 Å². The van der Waals surface area contributed by atoms with Gasteiger partial charge in [-0.1, -0.05) is 17.3 Å². The maximum atomic E-state index is 5.76. The van der Waals surface area contributed by atoms with Crippen molar-refractivity contribution in [3.8, 4) is 5.75 Å². The van der Waals surface area contributed by atoms with Gasteiger partial charge in [-0.2, -0.15) is 4.98 Å². The highest BCUT2D eigenvalue weighted by Crippen LogP contribution is 2.16. The minimum atomic E-state index is 0.0302. The molecule has 0 saturated heterocycles. The number of hydrogen-bond donors (Lipinski definition) is 1. The third-order valence-corrected chi connectivity index (χ3v) is 2.34. The van der Waals surface area contributed by atoms with E-state index in [0.29, 0.717) is 11.7 Å². The van der Waals surface area contributed by atoms with Crippen LogP contribution in [0, 0.1) is 6.92 Å². The largest absolute Gasteiger partial charge is 0.484 e. The van der Waals surface area contributed by atoms with Crippen LogP contribution in [-0.4, -0.2) is 10.1 Å². The molecular formula is C12H15N3O2. The van der Waals surface area contributed by atoms with E-state index in [4.69, 9.17) is 15.0 Å². The Morgan fingerprint density at radius 2 is 2.06 bits per heavy atom. The van der Waals surface area contributed by atoms with Crippen molar-refractivity contribution in [1.82, 2.24) is 10.1 Å². The molecular weight excluding hydrogens is 218 g/mol. The van der Waals surface area contributed by atoms with Crippen molar-refractivity contribution in [2.75, 3.05) is 0 Å². The second-order valence-corrected chi connectivity index (χ2v) is 3.88. The first-order valence-corrected chi connectivity index (χ1v) is 5.42. The Labute approximate surface area is 99.6 Å². The Balaban J connectivity index is 1.95. The fourth-order valence-electron chi connectivity index (χ4n) is 1.41. The average Bonchev–Trinajstić information content (AvgIpc) is 2.73. The molecule has 1 heterocycles. The molecule has 2 N–H and O–H groups in total. The zero-order valence-corrected chi connectivity index (χ0v) is 9.88. The molecule has 0 fully saturated rings. The maximum absolute atomic E-state index is 5.76. The maximum Gasteiger partial charge on any atom is 0.264 e. The van der Waals surface area contributed by atoms with Gasteiger partial charge in [0.1, 0.15) is 5.75 Å². The summed E-state index contributed by atoms with van der Waals surface area (Å²) in [6.45, 7) is 3.99. The van der Waals surface area contributed by atoms with E-state index in [1.54, 1.807) is 6.92 Å². The highest BCUT2D eigenvalue weighted by atomic mass is 16.5. The van der Waals surface area contributed by atoms with Crippen LogP contribution >= 0.6 is 0 Å². The van der Waals surface area contributed by atoms with E-state index in [1.165, 1.54) is 0 Å². The Hall–Kier alpha value is -1.88. The molecule has 0 saturated carbocycles. The van der Waals surface area contributed by atoms with Gasteiger partial charge >= 0.3 is 0 Å². The van der Waals surface area contributed by atoms with Crippen molar-refractivity contribution < 1.29 is 9.26 Å². The summed E-state index contributed by atoms with van der Waals surface area (Å²) in [5.41, 5.74) is 6.83. The molecule has 5 heteroatoms. The molecule has 1 aromatic carbocycles. The van der Waals surface area contributed by atoms with Crippen molar-refractivity contribution in [2.24, 2.45) is 5.73 Å². The van der Waals surface area contributed by atoms with Gasteiger partial charge in [0.2, 0.25) is 0 Å². The summed E-state index contributed by atoms with van der Waals surface area (Å²) >= 11 is 0. The summed E-state index contributed by atoms with van der Waals surface area (Å²) in [6, 6.07) is 7.67. The molecule has 5 nitrogen and oxygen atoms in total. The monoisotopic (exact) mass is 233 g/mol. The number of benzene rings is 1. The molecule has 2 rings (SSSR count). The van der Waals surface area contributed by atoms with Gasteiger partial charge in [0.15, 0.2) is 12.4 Å². The summed E-state index contributed by atoms with van der Waals surface area (Å²) < 4.78 is 10.4. The minimum Gasteiger partial charge on any atom is -0.484 e. The van der Waals surface area contributed by atoms with E-state index in [2.05, 4.69) is 10.1 Å². The number of nitrogens with two attached hydrogens (primary N) is 1. The van der Waals surface area contributed by atoms with E-state index < -0.39 is 0 Å². The second-order valence-electron chi connectivity index (χ2n) is 3.88. The fraction of sp³-hybridized carbons (Fsp3) is 0.333. The highest BCUT2D eigenvalue weighted by molar-refractivity contribution is 5.28. The lowest BCUT2D eigenvalue weighted by atomic mass is 10.1. The van der Waals surface area contributed by atoms with Crippen molar-refractivity contribution in [2.45, 2.75) is 26.5 Å². The molecule has 17 heavy (non-hydrogen) atoms. The van der Waals surface area contributed by atoms with Gasteiger partial charge < -0.3 is 15.0 Å². The smallest absolute Gasteiger partial charge is 0.264 e. The van der Waals surface area contributed by atoms with Crippen LogP contribution in [0.25, 0.3) is 0 Å². The quantitative estimate of drug-likeness (QED) is 0.873. The molecule has 1 aromatic heterocycles. The first-order chi connectivity index (χ1) is 8.15. The third kappa shape index (κ3) is 3.04. The van der Waals surface area contributed by atoms with Crippen molar-refractivity contribution in [1.29, 1.82) is 0 Å². The lowest BCUT2D eigenvalue weighted by molar-refractivity contribution is 0.242. The average molecular weight is 233 g/mol. The molecule has 0 radical (unpaired) electrons. The van der Waals surface area contributed by atoms with E-state index >= 15 is 0 Å². The predicted octanol–water partition coefficient (Wildman–Crippen LogP) is 1.98. The predicted molar refractivity (Wildman–Crippen MR) is 62.4 cm³/mol. The van der Waals surface area contributed by atoms with Crippen LogP contribution in [0.4, 0.5) is 0 Å². The second kappa shape index (κ2) is 4.97. The van der Waals surface area contributed by atoms with Crippen LogP contribution in [0.5, 0.6) is 5.75 Å². The van der Waals surface area contributed by atoms with Crippen LogP contribution in [0.3, 0.4) is 0 Å². The van der Waals surface area contributed by atoms with Crippen LogP contribution in [-0.2, 0) is 6.61 Å². The van der Waals surface area contributed by atoms with Gasteiger partial charge in [-0.25, -0.2) is 0 Å². The molecule has 0 unspecified atom stereocenters. The molecule has 90 valence electrons. The van der Waals surface area contributed by atoms with E-state index in [-0.39, 0.29) is 12.6 Å². The van der Waals surface area contributed by atoms with Gasteiger partial charge in [-0.05, 0) is 31.5 Å². The lowest BCUT2D eigenvalue weighted by Gasteiger charge is -2.07. The summed E-state index contributed by atoms with van der Waals surface area (Å²) in [7, 11) is 0. The summed E-state index contributed by atoms with van der Waals surface area (Å²) in [5, 5.41) is 3.68. The molecule has 0 aliphatic heterocycles. The molecule has 0 bridgehead atoms. The number of hydrogen-bond acceptors (Lipinski definition) is 5. The molecule has 1 atom stereocenters. The van der Waals surface area contributed by atoms with Gasteiger partial charge in [0, 0.05) is 6.04 Å². The van der Waals surface area contributed by atoms with Gasteiger partial charge in [0.05, 0.1) is 0 Å². The number of aryl methyl sites for hydroxylation is 1. The van der Waals surface area contributed by atoms with Crippen LogP contribution in [0.15, 0.2) is 28.8 Å². The van der Waals surface area contributed by atoms with Crippen LogP contribution in [0.1, 0.15) is 30.2 Å². The van der Waals surface area contributed by atoms with Crippen LogP contribution in [0.2, 0.25) is 0 Å². The standard InChI is InChI=1S/C12H15N3O2/c1-8(13)10-3-5-11(6-4-10)16-7-12-14-9(2)15-17-12/h3-6,8H,7,13H2,1-2H3/t8-/m1/s1. The molecule has 0 aliphatic carbocycles. The van der Waals surface area contributed by atoms with E-state index in [1.807, 2.05) is 31.2 Å². The van der Waals surface area contributed by atoms with Crippen molar-refractivity contribution in [3.05, 3.63) is 41.5 Å². The molecule has 0 spiro atoms. The first kappa shape index (κ1) is 11.6. The van der Waals surface area contributed by atoms with Crippen LogP contribution < -0.4 is 10.5 Å². The van der Waals surface area contributed by atoms with Gasteiger partial charge in [-0.15, -0.1) is 0 Å². The summed E-state index contributed by atoms with van der Waals surface area (Å²) in [5.74, 6) is 1.83. The summed E-state index contributed by atoms with van der Waals surface area (Å²) in [4.78, 5) is 4.05. The third-order valence-electron chi connectivity index (χ3n) is 2.34. The Kier molecular flexibility index (Phi) is 3.39. The number of nitrogens with zero attached hydrogens (tertiary/aromatic N) is 2.